The first-order valence-corrected chi connectivity index (χ1v) is 5.79. The summed E-state index contributed by atoms with van der Waals surface area (Å²) in [5, 5.41) is 2.51. The lowest BCUT2D eigenvalue weighted by Gasteiger charge is -2.14. The minimum absolute atomic E-state index is 0.244. The molecule has 14 heavy (non-hydrogen) atoms. The molecule has 4 nitrogen and oxygen atoms in total. The molecular weight excluding hydrogens is 226 g/mol. The lowest BCUT2D eigenvalue weighted by Crippen LogP contribution is -2.42. The van der Waals surface area contributed by atoms with Gasteiger partial charge in [-0.2, -0.15) is 11.8 Å². The molecule has 0 aromatic rings. The standard InChI is InChI=1S/C8H14ClNO3S/c1-6(11)10-7(8(12)13-2)5-14-4-3-9/h7H,3-5H2,1-2H3,(H,10,11)/t7-/m0/s1. The zero-order valence-electron chi connectivity index (χ0n) is 8.21. The van der Waals surface area contributed by atoms with E-state index < -0.39 is 12.0 Å². The summed E-state index contributed by atoms with van der Waals surface area (Å²) < 4.78 is 4.54. The van der Waals surface area contributed by atoms with E-state index in [-0.39, 0.29) is 5.91 Å². The van der Waals surface area contributed by atoms with Gasteiger partial charge in [-0.1, -0.05) is 0 Å². The summed E-state index contributed by atoms with van der Waals surface area (Å²) in [6.07, 6.45) is 0. The van der Waals surface area contributed by atoms with Crippen molar-refractivity contribution in [3.63, 3.8) is 0 Å². The Labute approximate surface area is 92.7 Å². The molecule has 0 saturated carbocycles. The van der Waals surface area contributed by atoms with Crippen LogP contribution in [-0.4, -0.2) is 42.4 Å². The average Bonchev–Trinajstić information content (AvgIpc) is 2.15. The highest BCUT2D eigenvalue weighted by molar-refractivity contribution is 7.99. The molecule has 0 aliphatic heterocycles. The van der Waals surface area contributed by atoms with E-state index in [1.165, 1.54) is 25.8 Å². The fourth-order valence-electron chi connectivity index (χ4n) is 0.812. The van der Waals surface area contributed by atoms with Gasteiger partial charge in [0.25, 0.3) is 0 Å². The number of amides is 1. The summed E-state index contributed by atoms with van der Waals surface area (Å²) in [4.78, 5) is 21.9. The number of hydrogen-bond acceptors (Lipinski definition) is 4. The maximum absolute atomic E-state index is 11.2. The summed E-state index contributed by atoms with van der Waals surface area (Å²) in [6.45, 7) is 1.36. The Balaban J connectivity index is 3.97. The van der Waals surface area contributed by atoms with Crippen LogP contribution in [0.15, 0.2) is 0 Å². The number of carbonyl (C=O) groups excluding carboxylic acids is 2. The molecule has 6 heteroatoms. The van der Waals surface area contributed by atoms with Crippen LogP contribution in [0.25, 0.3) is 0 Å². The van der Waals surface area contributed by atoms with Crippen molar-refractivity contribution in [1.82, 2.24) is 5.32 Å². The second kappa shape index (κ2) is 7.94. The molecule has 0 spiro atoms. The zero-order chi connectivity index (χ0) is 11.0. The number of thioether (sulfide) groups is 1. The second-order valence-corrected chi connectivity index (χ2v) is 4.07. The number of esters is 1. The van der Waals surface area contributed by atoms with E-state index in [1.807, 2.05) is 0 Å². The molecular formula is C8H14ClNO3S. The van der Waals surface area contributed by atoms with E-state index >= 15 is 0 Å². The van der Waals surface area contributed by atoms with Crippen LogP contribution in [-0.2, 0) is 14.3 Å². The number of methoxy groups -OCH3 is 1. The molecule has 0 aromatic carbocycles. The Morgan fingerprint density at radius 2 is 2.21 bits per heavy atom. The summed E-state index contributed by atoms with van der Waals surface area (Å²) in [6, 6.07) is -0.578. The van der Waals surface area contributed by atoms with Crippen LogP contribution in [0, 0.1) is 0 Å². The van der Waals surface area contributed by atoms with Crippen molar-refractivity contribution in [3.8, 4) is 0 Å². The van der Waals surface area contributed by atoms with Crippen molar-refractivity contribution in [2.45, 2.75) is 13.0 Å². The monoisotopic (exact) mass is 239 g/mol. The van der Waals surface area contributed by atoms with Gasteiger partial charge in [0.2, 0.25) is 5.91 Å². The van der Waals surface area contributed by atoms with Gasteiger partial charge in [-0.25, -0.2) is 4.79 Å². The Morgan fingerprint density at radius 1 is 1.57 bits per heavy atom. The lowest BCUT2D eigenvalue weighted by atomic mass is 10.3. The Bertz CT molecular complexity index is 201. The quantitative estimate of drug-likeness (QED) is 0.420. The number of rotatable bonds is 6. The maximum atomic E-state index is 11.2. The predicted molar refractivity (Wildman–Crippen MR) is 57.7 cm³/mol. The maximum Gasteiger partial charge on any atom is 0.329 e. The largest absolute Gasteiger partial charge is 0.467 e. The van der Waals surface area contributed by atoms with Gasteiger partial charge in [0.1, 0.15) is 6.04 Å². The van der Waals surface area contributed by atoms with E-state index in [1.54, 1.807) is 0 Å². The molecule has 0 aromatic heterocycles. The Hall–Kier alpha value is -0.420. The number of nitrogens with one attached hydrogen (secondary N) is 1. The average molecular weight is 240 g/mol. The van der Waals surface area contributed by atoms with Gasteiger partial charge in [0.15, 0.2) is 0 Å². The summed E-state index contributed by atoms with van der Waals surface area (Å²) in [5.41, 5.74) is 0. The molecule has 0 aliphatic rings. The van der Waals surface area contributed by atoms with Gasteiger partial charge in [0.05, 0.1) is 7.11 Å². The van der Waals surface area contributed by atoms with Crippen molar-refractivity contribution in [1.29, 1.82) is 0 Å². The number of halogens is 1. The fourth-order valence-corrected chi connectivity index (χ4v) is 1.87. The SMILES string of the molecule is COC(=O)[C@H](CSCCCl)NC(C)=O. The van der Waals surface area contributed by atoms with Crippen LogP contribution in [0.1, 0.15) is 6.92 Å². The fraction of sp³-hybridized carbons (Fsp3) is 0.750. The molecule has 0 unspecified atom stereocenters. The third kappa shape index (κ3) is 6.10. The predicted octanol–water partition coefficient (Wildman–Crippen LogP) is 0.636. The molecule has 0 fully saturated rings. The van der Waals surface area contributed by atoms with Crippen molar-refractivity contribution in [2.75, 3.05) is 24.5 Å². The first-order chi connectivity index (χ1) is 6.61. The van der Waals surface area contributed by atoms with Crippen molar-refractivity contribution in [2.24, 2.45) is 0 Å². The molecule has 1 N–H and O–H groups in total. The molecule has 0 radical (unpaired) electrons. The lowest BCUT2D eigenvalue weighted by molar-refractivity contribution is -0.144. The van der Waals surface area contributed by atoms with Crippen LogP contribution in [0.4, 0.5) is 0 Å². The highest BCUT2D eigenvalue weighted by atomic mass is 35.5. The van der Waals surface area contributed by atoms with E-state index in [2.05, 4.69) is 10.1 Å². The number of ether oxygens (including phenoxy) is 1. The van der Waals surface area contributed by atoms with Crippen LogP contribution in [0.2, 0.25) is 0 Å². The van der Waals surface area contributed by atoms with E-state index in [4.69, 9.17) is 11.6 Å². The van der Waals surface area contributed by atoms with Gasteiger partial charge in [-0.3, -0.25) is 4.79 Å². The highest BCUT2D eigenvalue weighted by Gasteiger charge is 2.19. The molecule has 0 aliphatic carbocycles. The molecule has 0 heterocycles. The molecule has 0 saturated heterocycles. The van der Waals surface area contributed by atoms with Gasteiger partial charge < -0.3 is 10.1 Å². The van der Waals surface area contributed by atoms with Crippen LogP contribution >= 0.6 is 23.4 Å². The first kappa shape index (κ1) is 13.6. The molecule has 1 amide bonds. The topological polar surface area (TPSA) is 55.4 Å². The van der Waals surface area contributed by atoms with Crippen molar-refractivity contribution < 1.29 is 14.3 Å². The van der Waals surface area contributed by atoms with Gasteiger partial charge >= 0.3 is 5.97 Å². The third-order valence-corrected chi connectivity index (χ3v) is 2.84. The van der Waals surface area contributed by atoms with Crippen molar-refractivity contribution in [3.05, 3.63) is 0 Å². The van der Waals surface area contributed by atoms with Crippen LogP contribution in [0.3, 0.4) is 0 Å². The molecule has 1 atom stereocenters. The van der Waals surface area contributed by atoms with Crippen molar-refractivity contribution >= 4 is 35.2 Å². The molecule has 0 rings (SSSR count). The van der Waals surface area contributed by atoms with Crippen LogP contribution in [0.5, 0.6) is 0 Å². The number of hydrogen-bond donors (Lipinski definition) is 1. The van der Waals surface area contributed by atoms with Crippen LogP contribution < -0.4 is 5.32 Å². The minimum Gasteiger partial charge on any atom is -0.467 e. The minimum atomic E-state index is -0.578. The highest BCUT2D eigenvalue weighted by Crippen LogP contribution is 2.04. The Kier molecular flexibility index (Phi) is 7.70. The zero-order valence-corrected chi connectivity index (χ0v) is 9.78. The van der Waals surface area contributed by atoms with Gasteiger partial charge in [-0.05, 0) is 0 Å². The van der Waals surface area contributed by atoms with E-state index in [0.717, 1.165) is 5.75 Å². The molecule has 0 bridgehead atoms. The number of carbonyl (C=O) groups is 2. The van der Waals surface area contributed by atoms with E-state index in [0.29, 0.717) is 11.6 Å². The summed E-state index contributed by atoms with van der Waals surface area (Å²) >= 11 is 6.98. The van der Waals surface area contributed by atoms with Gasteiger partial charge in [-0.15, -0.1) is 11.6 Å². The number of alkyl halides is 1. The Morgan fingerprint density at radius 3 is 2.64 bits per heavy atom. The third-order valence-electron chi connectivity index (χ3n) is 1.37. The normalized spacial score (nSPS) is 11.9. The molecule has 82 valence electrons. The summed E-state index contributed by atoms with van der Waals surface area (Å²) in [7, 11) is 1.30. The first-order valence-electron chi connectivity index (χ1n) is 4.10. The smallest absolute Gasteiger partial charge is 0.329 e. The second-order valence-electron chi connectivity index (χ2n) is 2.54. The van der Waals surface area contributed by atoms with E-state index in [9.17, 15) is 9.59 Å². The summed E-state index contributed by atoms with van der Waals surface area (Å²) in [5.74, 6) is 1.08. The van der Waals surface area contributed by atoms with Gasteiger partial charge in [0, 0.05) is 24.3 Å².